The molecule has 0 radical (unpaired) electrons. The van der Waals surface area contributed by atoms with E-state index in [0.29, 0.717) is 39.2 Å². The van der Waals surface area contributed by atoms with Crippen LogP contribution in [-0.2, 0) is 9.53 Å². The molecule has 132 valence electrons. The van der Waals surface area contributed by atoms with Gasteiger partial charge >= 0.3 is 0 Å². The van der Waals surface area contributed by atoms with Crippen LogP contribution in [0.3, 0.4) is 0 Å². The number of carbonyl (C=O) groups is 2. The van der Waals surface area contributed by atoms with E-state index >= 15 is 0 Å². The largest absolute Gasteiger partial charge is 0.378 e. The van der Waals surface area contributed by atoms with Crippen LogP contribution in [0.15, 0.2) is 18.2 Å². The van der Waals surface area contributed by atoms with Gasteiger partial charge in [0, 0.05) is 26.2 Å². The maximum Gasteiger partial charge on any atom is 0.255 e. The number of piperazine rings is 1. The van der Waals surface area contributed by atoms with Crippen molar-refractivity contribution in [3.8, 4) is 0 Å². The second-order valence-corrected chi connectivity index (χ2v) is 6.37. The van der Waals surface area contributed by atoms with E-state index in [1.54, 1.807) is 9.80 Å². The van der Waals surface area contributed by atoms with Crippen LogP contribution in [0.25, 0.3) is 0 Å². The van der Waals surface area contributed by atoms with Crippen LogP contribution >= 0.6 is 11.6 Å². The Morgan fingerprint density at radius 1 is 1.21 bits per heavy atom. The average molecular weight is 357 g/mol. The summed E-state index contributed by atoms with van der Waals surface area (Å²) in [5, 5.41) is 0.101. The van der Waals surface area contributed by atoms with Crippen molar-refractivity contribution in [1.29, 1.82) is 0 Å². The first kappa shape index (κ1) is 18.7. The molecule has 1 aromatic carbocycles. The van der Waals surface area contributed by atoms with E-state index in [1.807, 2.05) is 13.8 Å². The number of benzene rings is 1. The van der Waals surface area contributed by atoms with Gasteiger partial charge in [-0.2, -0.15) is 0 Å². The molecule has 5 nitrogen and oxygen atoms in total. The lowest BCUT2D eigenvalue weighted by Crippen LogP contribution is -2.50. The third kappa shape index (κ3) is 4.92. The molecular weight excluding hydrogens is 335 g/mol. The Hall–Kier alpha value is -1.66. The molecule has 0 spiro atoms. The molecule has 24 heavy (non-hydrogen) atoms. The molecular formula is C17H22ClFN2O3. The monoisotopic (exact) mass is 356 g/mol. The standard InChI is InChI=1S/C17H22ClFN2O3/c1-12(2)24-10-5-16(22)20-6-8-21(9-7-20)17(23)14-4-3-13(19)11-15(14)18/h3-4,11-12H,5-10H2,1-2H3. The topological polar surface area (TPSA) is 49.9 Å². The molecule has 1 saturated heterocycles. The summed E-state index contributed by atoms with van der Waals surface area (Å²) in [6.45, 7) is 6.08. The summed E-state index contributed by atoms with van der Waals surface area (Å²) in [6.07, 6.45) is 0.448. The minimum absolute atomic E-state index is 0.0302. The highest BCUT2D eigenvalue weighted by Crippen LogP contribution is 2.20. The molecule has 0 atom stereocenters. The Bertz CT molecular complexity index is 601. The zero-order valence-corrected chi connectivity index (χ0v) is 14.7. The zero-order chi connectivity index (χ0) is 17.7. The number of halogens is 2. The van der Waals surface area contributed by atoms with E-state index in [-0.39, 0.29) is 28.5 Å². The summed E-state index contributed by atoms with van der Waals surface area (Å²) in [4.78, 5) is 27.9. The van der Waals surface area contributed by atoms with Crippen molar-refractivity contribution in [2.75, 3.05) is 32.8 Å². The first-order valence-corrected chi connectivity index (χ1v) is 8.40. The van der Waals surface area contributed by atoms with Gasteiger partial charge in [-0.05, 0) is 32.0 Å². The predicted octanol–water partition coefficient (Wildman–Crippen LogP) is 2.58. The molecule has 1 heterocycles. The number of hydrogen-bond acceptors (Lipinski definition) is 3. The molecule has 1 aromatic rings. The van der Waals surface area contributed by atoms with E-state index in [1.165, 1.54) is 12.1 Å². The molecule has 7 heteroatoms. The van der Waals surface area contributed by atoms with E-state index in [9.17, 15) is 14.0 Å². The SMILES string of the molecule is CC(C)OCCC(=O)N1CCN(C(=O)c2ccc(F)cc2Cl)CC1. The third-order valence-corrected chi connectivity index (χ3v) is 4.16. The smallest absolute Gasteiger partial charge is 0.255 e. The normalized spacial score (nSPS) is 15.0. The second kappa shape index (κ2) is 8.44. The maximum absolute atomic E-state index is 13.1. The predicted molar refractivity (Wildman–Crippen MR) is 89.6 cm³/mol. The molecule has 0 aliphatic carbocycles. The van der Waals surface area contributed by atoms with Crippen LogP contribution in [0.2, 0.25) is 5.02 Å². The summed E-state index contributed by atoms with van der Waals surface area (Å²) >= 11 is 5.94. The fraction of sp³-hybridized carbons (Fsp3) is 0.529. The van der Waals surface area contributed by atoms with Gasteiger partial charge in [0.25, 0.3) is 5.91 Å². The second-order valence-electron chi connectivity index (χ2n) is 5.97. The first-order chi connectivity index (χ1) is 11.4. The van der Waals surface area contributed by atoms with Crippen LogP contribution < -0.4 is 0 Å². The van der Waals surface area contributed by atoms with Gasteiger partial charge in [-0.25, -0.2) is 4.39 Å². The fourth-order valence-corrected chi connectivity index (χ4v) is 2.78. The summed E-state index contributed by atoms with van der Waals surface area (Å²) in [5.74, 6) is -0.687. The lowest BCUT2D eigenvalue weighted by molar-refractivity contribution is -0.134. The van der Waals surface area contributed by atoms with Crippen LogP contribution in [0.4, 0.5) is 4.39 Å². The first-order valence-electron chi connectivity index (χ1n) is 8.02. The van der Waals surface area contributed by atoms with Crippen molar-refractivity contribution in [3.63, 3.8) is 0 Å². The van der Waals surface area contributed by atoms with Crippen molar-refractivity contribution in [2.24, 2.45) is 0 Å². The maximum atomic E-state index is 13.1. The fourth-order valence-electron chi connectivity index (χ4n) is 2.53. The van der Waals surface area contributed by atoms with E-state index in [4.69, 9.17) is 16.3 Å². The Morgan fingerprint density at radius 2 is 1.83 bits per heavy atom. The number of rotatable bonds is 5. The number of amides is 2. The van der Waals surface area contributed by atoms with Gasteiger partial charge in [-0.1, -0.05) is 11.6 Å². The van der Waals surface area contributed by atoms with Gasteiger partial charge in [0.1, 0.15) is 5.82 Å². The van der Waals surface area contributed by atoms with Gasteiger partial charge < -0.3 is 14.5 Å². The number of hydrogen-bond donors (Lipinski definition) is 0. The summed E-state index contributed by atoms with van der Waals surface area (Å²) in [7, 11) is 0. The van der Waals surface area contributed by atoms with Crippen molar-refractivity contribution >= 4 is 23.4 Å². The molecule has 1 aliphatic heterocycles. The lowest BCUT2D eigenvalue weighted by Gasteiger charge is -2.35. The van der Waals surface area contributed by atoms with Crippen LogP contribution in [0.1, 0.15) is 30.6 Å². The van der Waals surface area contributed by atoms with Crippen LogP contribution in [0.5, 0.6) is 0 Å². The van der Waals surface area contributed by atoms with Gasteiger partial charge in [0.15, 0.2) is 0 Å². The molecule has 2 rings (SSSR count). The Labute approximate surface area is 146 Å². The number of nitrogens with zero attached hydrogens (tertiary/aromatic N) is 2. The molecule has 0 saturated carbocycles. The minimum Gasteiger partial charge on any atom is -0.378 e. The summed E-state index contributed by atoms with van der Waals surface area (Å²) < 4.78 is 18.5. The van der Waals surface area contributed by atoms with Crippen LogP contribution in [-0.4, -0.2) is 60.5 Å². The Morgan fingerprint density at radius 3 is 2.42 bits per heavy atom. The van der Waals surface area contributed by atoms with Gasteiger partial charge in [-0.3, -0.25) is 9.59 Å². The van der Waals surface area contributed by atoms with Crippen molar-refractivity contribution < 1.29 is 18.7 Å². The van der Waals surface area contributed by atoms with Gasteiger partial charge in [-0.15, -0.1) is 0 Å². The lowest BCUT2D eigenvalue weighted by atomic mass is 10.1. The Balaban J connectivity index is 1.85. The van der Waals surface area contributed by atoms with Gasteiger partial charge in [0.2, 0.25) is 5.91 Å². The van der Waals surface area contributed by atoms with Crippen molar-refractivity contribution in [3.05, 3.63) is 34.6 Å². The van der Waals surface area contributed by atoms with Crippen LogP contribution in [0, 0.1) is 5.82 Å². The molecule has 0 aromatic heterocycles. The van der Waals surface area contributed by atoms with Crippen molar-refractivity contribution in [2.45, 2.75) is 26.4 Å². The zero-order valence-electron chi connectivity index (χ0n) is 13.9. The quantitative estimate of drug-likeness (QED) is 0.814. The summed E-state index contributed by atoms with van der Waals surface area (Å²) in [5.41, 5.74) is 0.281. The third-order valence-electron chi connectivity index (χ3n) is 3.85. The average Bonchev–Trinajstić information content (AvgIpc) is 2.54. The Kier molecular flexibility index (Phi) is 6.57. The molecule has 1 fully saturated rings. The molecule has 1 aliphatic rings. The summed E-state index contributed by atoms with van der Waals surface area (Å²) in [6, 6.07) is 3.73. The molecule has 2 amide bonds. The minimum atomic E-state index is -0.476. The highest BCUT2D eigenvalue weighted by molar-refractivity contribution is 6.33. The number of ether oxygens (including phenoxy) is 1. The van der Waals surface area contributed by atoms with E-state index in [2.05, 4.69) is 0 Å². The molecule has 0 unspecified atom stereocenters. The highest BCUT2D eigenvalue weighted by Gasteiger charge is 2.25. The highest BCUT2D eigenvalue weighted by atomic mass is 35.5. The van der Waals surface area contributed by atoms with E-state index < -0.39 is 5.82 Å². The molecule has 0 bridgehead atoms. The van der Waals surface area contributed by atoms with E-state index in [0.717, 1.165) is 6.07 Å². The molecule has 0 N–H and O–H groups in total. The van der Waals surface area contributed by atoms with Gasteiger partial charge in [0.05, 0.1) is 29.7 Å². The van der Waals surface area contributed by atoms with Crippen molar-refractivity contribution in [1.82, 2.24) is 9.80 Å². The number of carbonyl (C=O) groups excluding carboxylic acids is 2.